The molecule has 3 atom stereocenters. The highest BCUT2D eigenvalue weighted by atomic mass is 16.3. The molecule has 1 heterocycles. The van der Waals surface area contributed by atoms with E-state index in [1.54, 1.807) is 6.92 Å². The molecule has 0 saturated carbocycles. The molecule has 3 unspecified atom stereocenters. The maximum absolute atomic E-state index is 11.8. The summed E-state index contributed by atoms with van der Waals surface area (Å²) in [4.78, 5) is 37.8. The second-order valence-electron chi connectivity index (χ2n) is 8.23. The Morgan fingerprint density at radius 2 is 1.94 bits per heavy atom. The van der Waals surface area contributed by atoms with Crippen LogP contribution >= 0.6 is 0 Å². The van der Waals surface area contributed by atoms with Crippen molar-refractivity contribution >= 4 is 18.1 Å². The summed E-state index contributed by atoms with van der Waals surface area (Å²) in [5.74, 6) is -0.331. The standard InChI is InChI=1S/C12H15NO3.C11H23N3O/c1-9(8-14)13-12(16)11(15)7-10-5-3-2-4-6-10;1-13(2)9-7-12-11(15)10-6-4-5-8-14(10)3/h2-6,8-9,11,15H,7H2,1H3,(H,13,16);10H,4-9H2,1-3H3,(H,12,15). The lowest BCUT2D eigenvalue weighted by atomic mass is 10.0. The first-order valence-corrected chi connectivity index (χ1v) is 10.8. The number of hydrogen-bond donors (Lipinski definition) is 3. The number of hydrogen-bond acceptors (Lipinski definition) is 6. The summed E-state index contributed by atoms with van der Waals surface area (Å²) in [6, 6.07) is 8.74. The number of carbonyl (C=O) groups is 3. The SMILES string of the molecule is CC(C=O)NC(=O)C(O)Cc1ccccc1.CN(C)CCNC(=O)C1CCCCN1C. The monoisotopic (exact) mass is 434 g/mol. The van der Waals surface area contributed by atoms with Crippen LogP contribution in [-0.4, -0.2) is 92.0 Å². The van der Waals surface area contributed by atoms with Crippen LogP contribution in [0, 0.1) is 0 Å². The van der Waals surface area contributed by atoms with Crippen LogP contribution in [0.3, 0.4) is 0 Å². The number of amides is 2. The predicted molar refractivity (Wildman–Crippen MR) is 122 cm³/mol. The molecule has 3 N–H and O–H groups in total. The molecule has 31 heavy (non-hydrogen) atoms. The minimum absolute atomic E-state index is 0.0981. The fourth-order valence-corrected chi connectivity index (χ4v) is 3.21. The summed E-state index contributed by atoms with van der Waals surface area (Å²) in [6.07, 6.45) is 3.15. The zero-order valence-corrected chi connectivity index (χ0v) is 19.2. The van der Waals surface area contributed by atoms with Gasteiger partial charge in [-0.25, -0.2) is 0 Å². The van der Waals surface area contributed by atoms with Crippen LogP contribution in [0.25, 0.3) is 0 Å². The molecule has 0 aromatic heterocycles. The van der Waals surface area contributed by atoms with E-state index in [-0.39, 0.29) is 18.4 Å². The van der Waals surface area contributed by atoms with Gasteiger partial charge < -0.3 is 25.4 Å². The number of likely N-dealkylation sites (tertiary alicyclic amines) is 1. The number of carbonyl (C=O) groups excluding carboxylic acids is 3. The van der Waals surface area contributed by atoms with Crippen molar-refractivity contribution < 1.29 is 19.5 Å². The van der Waals surface area contributed by atoms with Crippen molar-refractivity contribution in [2.45, 2.75) is 50.8 Å². The smallest absolute Gasteiger partial charge is 0.249 e. The highest BCUT2D eigenvalue weighted by Crippen LogP contribution is 2.14. The fraction of sp³-hybridized carbons (Fsp3) is 0.609. The Labute approximate surface area is 186 Å². The van der Waals surface area contributed by atoms with Crippen molar-refractivity contribution in [1.82, 2.24) is 20.4 Å². The van der Waals surface area contributed by atoms with Crippen molar-refractivity contribution in [2.24, 2.45) is 0 Å². The average Bonchev–Trinajstić information content (AvgIpc) is 2.74. The lowest BCUT2D eigenvalue weighted by Gasteiger charge is -2.31. The molecule has 0 spiro atoms. The number of piperidine rings is 1. The third-order valence-corrected chi connectivity index (χ3v) is 5.08. The molecule has 0 radical (unpaired) electrons. The van der Waals surface area contributed by atoms with Crippen LogP contribution in [0.5, 0.6) is 0 Å². The van der Waals surface area contributed by atoms with Gasteiger partial charge in [-0.2, -0.15) is 0 Å². The highest BCUT2D eigenvalue weighted by molar-refractivity contribution is 5.83. The van der Waals surface area contributed by atoms with Gasteiger partial charge in [-0.15, -0.1) is 0 Å². The fourth-order valence-electron chi connectivity index (χ4n) is 3.21. The number of aldehydes is 1. The first-order chi connectivity index (χ1) is 14.7. The van der Waals surface area contributed by atoms with Crippen molar-refractivity contribution in [1.29, 1.82) is 0 Å². The number of nitrogens with one attached hydrogen (secondary N) is 2. The van der Waals surface area contributed by atoms with Crippen LogP contribution in [0.1, 0.15) is 31.7 Å². The molecule has 2 rings (SSSR count). The predicted octanol–water partition coefficient (Wildman–Crippen LogP) is 0.442. The Morgan fingerprint density at radius 3 is 2.52 bits per heavy atom. The molecular weight excluding hydrogens is 396 g/mol. The number of rotatable bonds is 9. The largest absolute Gasteiger partial charge is 0.383 e. The van der Waals surface area contributed by atoms with E-state index in [9.17, 15) is 19.5 Å². The molecule has 8 nitrogen and oxygen atoms in total. The van der Waals surface area contributed by atoms with Gasteiger partial charge in [0.15, 0.2) is 0 Å². The van der Waals surface area contributed by atoms with Crippen LogP contribution in [-0.2, 0) is 20.8 Å². The summed E-state index contributed by atoms with van der Waals surface area (Å²) >= 11 is 0. The molecule has 1 aromatic rings. The van der Waals surface area contributed by atoms with Crippen molar-refractivity contribution in [3.63, 3.8) is 0 Å². The third kappa shape index (κ3) is 11.1. The van der Waals surface area contributed by atoms with Crippen LogP contribution in [0.15, 0.2) is 30.3 Å². The van der Waals surface area contributed by atoms with Gasteiger partial charge in [-0.05, 0) is 53.0 Å². The summed E-state index contributed by atoms with van der Waals surface area (Å²) in [5.41, 5.74) is 0.879. The second-order valence-corrected chi connectivity index (χ2v) is 8.23. The van der Waals surface area contributed by atoms with E-state index < -0.39 is 18.1 Å². The van der Waals surface area contributed by atoms with Crippen molar-refractivity contribution in [2.75, 3.05) is 40.8 Å². The zero-order valence-electron chi connectivity index (χ0n) is 19.2. The topological polar surface area (TPSA) is 102 Å². The molecule has 0 aliphatic carbocycles. The van der Waals surface area contributed by atoms with E-state index >= 15 is 0 Å². The van der Waals surface area contributed by atoms with E-state index in [2.05, 4.69) is 20.4 Å². The van der Waals surface area contributed by atoms with Crippen LogP contribution in [0.2, 0.25) is 0 Å². The van der Waals surface area contributed by atoms with Gasteiger partial charge in [0.1, 0.15) is 12.4 Å². The van der Waals surface area contributed by atoms with Gasteiger partial charge in [0, 0.05) is 19.5 Å². The minimum atomic E-state index is -1.12. The van der Waals surface area contributed by atoms with Crippen molar-refractivity contribution in [3.05, 3.63) is 35.9 Å². The normalized spacial score (nSPS) is 18.3. The number of nitrogens with zero attached hydrogens (tertiary/aromatic N) is 2. The van der Waals surface area contributed by atoms with E-state index in [1.165, 1.54) is 12.8 Å². The molecule has 1 aliphatic rings. The van der Waals surface area contributed by atoms with Gasteiger partial charge in [-0.3, -0.25) is 14.5 Å². The van der Waals surface area contributed by atoms with Gasteiger partial charge in [-0.1, -0.05) is 36.8 Å². The Hall–Kier alpha value is -2.29. The van der Waals surface area contributed by atoms with E-state index in [0.29, 0.717) is 6.29 Å². The summed E-state index contributed by atoms with van der Waals surface area (Å²) in [7, 11) is 6.06. The maximum atomic E-state index is 11.8. The molecule has 0 bridgehead atoms. The Bertz CT molecular complexity index is 669. The zero-order chi connectivity index (χ0) is 23.2. The third-order valence-electron chi connectivity index (χ3n) is 5.08. The number of benzene rings is 1. The molecule has 1 aromatic carbocycles. The lowest BCUT2D eigenvalue weighted by Crippen LogP contribution is -2.48. The number of aliphatic hydroxyl groups is 1. The maximum Gasteiger partial charge on any atom is 0.249 e. The minimum Gasteiger partial charge on any atom is -0.383 e. The average molecular weight is 435 g/mol. The Kier molecular flexibility index (Phi) is 12.7. The van der Waals surface area contributed by atoms with Gasteiger partial charge in [0.25, 0.3) is 0 Å². The second kappa shape index (κ2) is 14.7. The first kappa shape index (κ1) is 26.7. The number of likely N-dealkylation sites (N-methyl/N-ethyl adjacent to an activating group) is 2. The number of aliphatic hydroxyl groups excluding tert-OH is 1. The van der Waals surface area contributed by atoms with E-state index in [4.69, 9.17) is 0 Å². The summed E-state index contributed by atoms with van der Waals surface area (Å²) in [6.45, 7) is 4.25. The van der Waals surface area contributed by atoms with Crippen molar-refractivity contribution in [3.8, 4) is 0 Å². The van der Waals surface area contributed by atoms with Gasteiger partial charge in [0.2, 0.25) is 11.8 Å². The molecule has 1 fully saturated rings. The summed E-state index contributed by atoms with van der Waals surface area (Å²) in [5, 5.41) is 15.0. The Morgan fingerprint density at radius 1 is 1.26 bits per heavy atom. The quantitative estimate of drug-likeness (QED) is 0.488. The van der Waals surface area contributed by atoms with Gasteiger partial charge in [0.05, 0.1) is 12.1 Å². The molecule has 1 aliphatic heterocycles. The lowest BCUT2D eigenvalue weighted by molar-refractivity contribution is -0.131. The molecule has 174 valence electrons. The van der Waals surface area contributed by atoms with Crippen LogP contribution < -0.4 is 10.6 Å². The van der Waals surface area contributed by atoms with E-state index in [1.807, 2.05) is 51.5 Å². The molecule has 8 heteroatoms. The van der Waals surface area contributed by atoms with Gasteiger partial charge >= 0.3 is 0 Å². The molecular formula is C23H38N4O4. The Balaban J connectivity index is 0.000000311. The highest BCUT2D eigenvalue weighted by Gasteiger charge is 2.25. The first-order valence-electron chi connectivity index (χ1n) is 10.8. The molecule has 2 amide bonds. The molecule has 1 saturated heterocycles. The van der Waals surface area contributed by atoms with Crippen LogP contribution in [0.4, 0.5) is 0 Å². The summed E-state index contributed by atoms with van der Waals surface area (Å²) < 4.78 is 0. The van der Waals surface area contributed by atoms with E-state index in [0.717, 1.165) is 31.6 Å².